The van der Waals surface area contributed by atoms with Gasteiger partial charge in [-0.05, 0) is 25.1 Å². The number of amides is 1. The largest absolute Gasteiger partial charge is 0.472 e. The van der Waals surface area contributed by atoms with E-state index in [4.69, 9.17) is 4.42 Å². The van der Waals surface area contributed by atoms with E-state index < -0.39 is 0 Å². The maximum atomic E-state index is 12.4. The smallest absolute Gasteiger partial charge is 0.223 e. The van der Waals surface area contributed by atoms with E-state index >= 15 is 0 Å². The van der Waals surface area contributed by atoms with E-state index in [2.05, 4.69) is 16.9 Å². The Hall–Kier alpha value is -2.08. The highest BCUT2D eigenvalue weighted by Crippen LogP contribution is 2.23. The molecule has 0 spiro atoms. The number of piperazine rings is 1. The van der Waals surface area contributed by atoms with Gasteiger partial charge in [0.25, 0.3) is 0 Å². The molecule has 6 heteroatoms. The molecule has 3 heterocycles. The number of furan rings is 1. The summed E-state index contributed by atoms with van der Waals surface area (Å²) in [5.41, 5.74) is 1.07. The van der Waals surface area contributed by atoms with Gasteiger partial charge in [-0.2, -0.15) is 0 Å². The Labute approximate surface area is 130 Å². The molecule has 118 valence electrons. The third kappa shape index (κ3) is 3.06. The minimum atomic E-state index is 0.159. The van der Waals surface area contributed by atoms with E-state index in [1.54, 1.807) is 12.5 Å². The fourth-order valence-electron chi connectivity index (χ4n) is 2.92. The van der Waals surface area contributed by atoms with Crippen molar-refractivity contribution in [2.45, 2.75) is 18.9 Å². The molecule has 0 aliphatic carbocycles. The maximum Gasteiger partial charge on any atom is 0.223 e. The van der Waals surface area contributed by atoms with Crippen molar-refractivity contribution in [2.24, 2.45) is 7.05 Å². The molecule has 1 amide bonds. The third-order valence-electron chi connectivity index (χ3n) is 4.36. The first-order valence-corrected chi connectivity index (χ1v) is 7.61. The summed E-state index contributed by atoms with van der Waals surface area (Å²) >= 11 is 0. The van der Waals surface area contributed by atoms with Crippen LogP contribution in [-0.2, 0) is 18.3 Å². The lowest BCUT2D eigenvalue weighted by Gasteiger charge is -2.39. The van der Waals surface area contributed by atoms with Crippen molar-refractivity contribution in [3.8, 4) is 0 Å². The van der Waals surface area contributed by atoms with E-state index in [-0.39, 0.29) is 11.9 Å². The van der Waals surface area contributed by atoms with Crippen LogP contribution in [0.25, 0.3) is 0 Å². The zero-order valence-corrected chi connectivity index (χ0v) is 13.1. The Morgan fingerprint density at radius 1 is 1.41 bits per heavy atom. The number of aromatic nitrogens is 2. The van der Waals surface area contributed by atoms with E-state index in [0.717, 1.165) is 30.9 Å². The highest BCUT2D eigenvalue weighted by atomic mass is 16.3. The lowest BCUT2D eigenvalue weighted by Crippen LogP contribution is -2.49. The van der Waals surface area contributed by atoms with Gasteiger partial charge in [-0.25, -0.2) is 4.98 Å². The second-order valence-electron chi connectivity index (χ2n) is 5.86. The standard InChI is InChI=1S/C16H22N4O2/c1-18-8-9-20(11-14(18)16-17-6-7-19(16)2)15(21)4-3-13-5-10-22-12-13/h5-7,10,12,14H,3-4,8-9,11H2,1-2H3. The number of imidazole rings is 1. The molecule has 3 rings (SSSR count). The van der Waals surface area contributed by atoms with E-state index in [0.29, 0.717) is 13.0 Å². The molecule has 22 heavy (non-hydrogen) atoms. The molecule has 2 aromatic heterocycles. The van der Waals surface area contributed by atoms with Gasteiger partial charge in [-0.1, -0.05) is 0 Å². The molecule has 1 fully saturated rings. The number of rotatable bonds is 4. The quantitative estimate of drug-likeness (QED) is 0.858. The molecule has 1 saturated heterocycles. The average molecular weight is 302 g/mol. The number of carbonyl (C=O) groups is 1. The number of carbonyl (C=O) groups excluding carboxylic acids is 1. The second-order valence-corrected chi connectivity index (χ2v) is 5.86. The maximum absolute atomic E-state index is 12.4. The van der Waals surface area contributed by atoms with Gasteiger partial charge in [0, 0.05) is 45.5 Å². The summed E-state index contributed by atoms with van der Waals surface area (Å²) in [7, 11) is 4.09. The molecule has 1 aliphatic rings. The summed E-state index contributed by atoms with van der Waals surface area (Å²) in [6.45, 7) is 2.35. The van der Waals surface area contributed by atoms with Crippen molar-refractivity contribution in [1.29, 1.82) is 0 Å². The fraction of sp³-hybridized carbons (Fsp3) is 0.500. The van der Waals surface area contributed by atoms with Crippen molar-refractivity contribution < 1.29 is 9.21 Å². The van der Waals surface area contributed by atoms with Gasteiger partial charge in [-0.15, -0.1) is 0 Å². The van der Waals surface area contributed by atoms with E-state index in [1.807, 2.05) is 35.0 Å². The molecule has 2 aromatic rings. The first-order valence-electron chi connectivity index (χ1n) is 7.61. The molecular formula is C16H22N4O2. The Morgan fingerprint density at radius 3 is 2.95 bits per heavy atom. The summed E-state index contributed by atoms with van der Waals surface area (Å²) in [5, 5.41) is 0. The summed E-state index contributed by atoms with van der Waals surface area (Å²) in [6, 6.07) is 2.07. The predicted octanol–water partition coefficient (Wildman–Crippen LogP) is 1.46. The van der Waals surface area contributed by atoms with Crippen molar-refractivity contribution in [1.82, 2.24) is 19.4 Å². The van der Waals surface area contributed by atoms with E-state index in [1.165, 1.54) is 0 Å². The number of hydrogen-bond donors (Lipinski definition) is 0. The normalized spacial score (nSPS) is 19.5. The fourth-order valence-corrected chi connectivity index (χ4v) is 2.92. The first kappa shape index (κ1) is 14.8. The van der Waals surface area contributed by atoms with Crippen LogP contribution in [0.15, 0.2) is 35.4 Å². The molecular weight excluding hydrogens is 280 g/mol. The number of nitrogens with zero attached hydrogens (tertiary/aromatic N) is 4. The van der Waals surface area contributed by atoms with Crippen LogP contribution in [0.4, 0.5) is 0 Å². The Kier molecular flexibility index (Phi) is 4.29. The monoisotopic (exact) mass is 302 g/mol. The lowest BCUT2D eigenvalue weighted by atomic mass is 10.1. The number of hydrogen-bond acceptors (Lipinski definition) is 4. The van der Waals surface area contributed by atoms with Crippen LogP contribution >= 0.6 is 0 Å². The Morgan fingerprint density at radius 2 is 2.27 bits per heavy atom. The van der Waals surface area contributed by atoms with Crippen LogP contribution in [0, 0.1) is 0 Å². The Bertz CT molecular complexity index is 620. The van der Waals surface area contributed by atoms with Gasteiger partial charge in [0.15, 0.2) is 0 Å². The SMILES string of the molecule is CN1CCN(C(=O)CCc2ccoc2)CC1c1nccn1C. The predicted molar refractivity (Wildman–Crippen MR) is 82.2 cm³/mol. The van der Waals surface area contributed by atoms with Crippen molar-refractivity contribution in [3.63, 3.8) is 0 Å². The highest BCUT2D eigenvalue weighted by molar-refractivity contribution is 5.76. The van der Waals surface area contributed by atoms with Crippen LogP contribution in [0.5, 0.6) is 0 Å². The van der Waals surface area contributed by atoms with Gasteiger partial charge < -0.3 is 13.9 Å². The summed E-state index contributed by atoms with van der Waals surface area (Å²) < 4.78 is 7.07. The lowest BCUT2D eigenvalue weighted by molar-refractivity contribution is -0.134. The van der Waals surface area contributed by atoms with Gasteiger partial charge in [0.05, 0.1) is 18.6 Å². The number of likely N-dealkylation sites (N-methyl/N-ethyl adjacent to an activating group) is 1. The minimum absolute atomic E-state index is 0.159. The van der Waals surface area contributed by atoms with E-state index in [9.17, 15) is 4.79 Å². The van der Waals surface area contributed by atoms with Crippen molar-refractivity contribution >= 4 is 5.91 Å². The number of aryl methyl sites for hydroxylation is 2. The molecule has 0 aromatic carbocycles. The van der Waals surface area contributed by atoms with Crippen molar-refractivity contribution in [3.05, 3.63) is 42.4 Å². The van der Waals surface area contributed by atoms with Crippen LogP contribution in [0.2, 0.25) is 0 Å². The summed E-state index contributed by atoms with van der Waals surface area (Å²) in [6.07, 6.45) is 8.36. The molecule has 1 aliphatic heterocycles. The van der Waals surface area contributed by atoms with Crippen LogP contribution < -0.4 is 0 Å². The van der Waals surface area contributed by atoms with Crippen LogP contribution in [-0.4, -0.2) is 51.9 Å². The average Bonchev–Trinajstić information content (AvgIpc) is 3.17. The molecule has 0 N–H and O–H groups in total. The molecule has 6 nitrogen and oxygen atoms in total. The molecule has 1 unspecified atom stereocenters. The molecule has 0 radical (unpaired) electrons. The van der Waals surface area contributed by atoms with Gasteiger partial charge in [0.2, 0.25) is 5.91 Å². The zero-order valence-electron chi connectivity index (χ0n) is 13.1. The summed E-state index contributed by atoms with van der Waals surface area (Å²) in [4.78, 5) is 21.1. The Balaban J connectivity index is 1.62. The molecule has 0 bridgehead atoms. The third-order valence-corrected chi connectivity index (χ3v) is 4.36. The molecule has 1 atom stereocenters. The van der Waals surface area contributed by atoms with Crippen molar-refractivity contribution in [2.75, 3.05) is 26.7 Å². The van der Waals surface area contributed by atoms with Crippen LogP contribution in [0.3, 0.4) is 0 Å². The van der Waals surface area contributed by atoms with Crippen LogP contribution in [0.1, 0.15) is 23.9 Å². The first-order chi connectivity index (χ1) is 10.6. The topological polar surface area (TPSA) is 54.5 Å². The summed E-state index contributed by atoms with van der Waals surface area (Å²) in [5.74, 6) is 1.21. The zero-order chi connectivity index (χ0) is 15.5. The second kappa shape index (κ2) is 6.36. The minimum Gasteiger partial charge on any atom is -0.472 e. The molecule has 0 saturated carbocycles. The van der Waals surface area contributed by atoms with Gasteiger partial charge in [0.1, 0.15) is 5.82 Å². The van der Waals surface area contributed by atoms with Gasteiger partial charge in [-0.3, -0.25) is 9.69 Å². The van der Waals surface area contributed by atoms with Gasteiger partial charge >= 0.3 is 0 Å². The highest BCUT2D eigenvalue weighted by Gasteiger charge is 2.30.